The van der Waals surface area contributed by atoms with E-state index in [4.69, 9.17) is 4.99 Å². The summed E-state index contributed by atoms with van der Waals surface area (Å²) < 4.78 is 0. The van der Waals surface area contributed by atoms with Gasteiger partial charge in [0.1, 0.15) is 18.2 Å². The van der Waals surface area contributed by atoms with E-state index >= 15 is 0 Å². The molecule has 4 aliphatic rings. The molecule has 0 saturated heterocycles. The summed E-state index contributed by atoms with van der Waals surface area (Å²) in [7, 11) is 0. The summed E-state index contributed by atoms with van der Waals surface area (Å²) in [5, 5.41) is 16.5. The van der Waals surface area contributed by atoms with E-state index in [1.807, 2.05) is 0 Å². The first kappa shape index (κ1) is 42.8. The summed E-state index contributed by atoms with van der Waals surface area (Å²) in [6.07, 6.45) is 8.33. The van der Waals surface area contributed by atoms with Gasteiger partial charge in [0.2, 0.25) is 0 Å². The van der Waals surface area contributed by atoms with Crippen LogP contribution in [0.25, 0.3) is 55.4 Å². The Hall–Kier alpha value is -9.09. The topological polar surface area (TPSA) is 48.5 Å². The average Bonchev–Trinajstić information content (AvgIpc) is 3.78. The molecule has 10 aromatic rings. The minimum absolute atomic E-state index is 0.0906. The van der Waals surface area contributed by atoms with E-state index in [1.165, 1.54) is 65.7 Å². The first-order valence-corrected chi connectivity index (χ1v) is 25.4. The van der Waals surface area contributed by atoms with E-state index in [0.29, 0.717) is 0 Å². The van der Waals surface area contributed by atoms with Crippen molar-refractivity contribution in [1.29, 1.82) is 0 Å². The Bertz CT molecular complexity index is 3970. The van der Waals surface area contributed by atoms with Gasteiger partial charge in [-0.15, -0.1) is 0 Å². The van der Waals surface area contributed by atoms with Crippen LogP contribution in [0.4, 0.5) is 0 Å². The van der Waals surface area contributed by atoms with Crippen LogP contribution in [-0.2, 0) is 5.41 Å². The van der Waals surface area contributed by atoms with Gasteiger partial charge >= 0.3 is 0 Å². The third-order valence-electron chi connectivity index (χ3n) is 15.4. The van der Waals surface area contributed by atoms with Crippen molar-refractivity contribution in [2.24, 2.45) is 4.99 Å². The molecule has 0 fully saturated rings. The van der Waals surface area contributed by atoms with Gasteiger partial charge in [-0.25, -0.2) is 4.99 Å². The zero-order valence-electron chi connectivity index (χ0n) is 40.1. The molecular weight excluding hydrogens is 885 g/mol. The van der Waals surface area contributed by atoms with Crippen LogP contribution in [-0.4, -0.2) is 11.9 Å². The second-order valence-corrected chi connectivity index (χ2v) is 19.5. The van der Waals surface area contributed by atoms with Crippen LogP contribution in [0.3, 0.4) is 0 Å². The fourth-order valence-electron chi connectivity index (χ4n) is 12.2. The summed E-state index contributed by atoms with van der Waals surface area (Å²) in [6.45, 7) is 0. The molecule has 0 saturated carbocycles. The highest BCUT2D eigenvalue weighted by molar-refractivity contribution is 6.06. The lowest BCUT2D eigenvalue weighted by atomic mass is 9.67. The highest BCUT2D eigenvalue weighted by atomic mass is 15.3. The average molecular weight is 935 g/mol. The molecule has 4 heteroatoms. The number of aliphatic imine (C=N–C) groups is 1. The van der Waals surface area contributed by atoms with Crippen LogP contribution >= 0.6 is 0 Å². The highest BCUT2D eigenvalue weighted by Crippen LogP contribution is 2.57. The summed E-state index contributed by atoms with van der Waals surface area (Å²) in [6, 6.07) is 89.0. The lowest BCUT2D eigenvalue weighted by molar-refractivity contribution is 0.409. The van der Waals surface area contributed by atoms with Gasteiger partial charge in [-0.05, 0) is 113 Å². The third-order valence-corrected chi connectivity index (χ3v) is 15.4. The Morgan fingerprint density at radius 2 is 0.986 bits per heavy atom. The van der Waals surface area contributed by atoms with Crippen molar-refractivity contribution in [2.75, 3.05) is 0 Å². The van der Waals surface area contributed by atoms with Gasteiger partial charge < -0.3 is 10.6 Å². The second kappa shape index (κ2) is 17.6. The smallest absolute Gasteiger partial charge is 0.131 e. The number of fused-ring (bicyclic) bond motifs is 6. The molecule has 14 rings (SSSR count). The second-order valence-electron chi connectivity index (χ2n) is 19.5. The first-order valence-electron chi connectivity index (χ1n) is 25.4. The van der Waals surface area contributed by atoms with Crippen molar-refractivity contribution in [3.8, 4) is 33.4 Å². The predicted octanol–water partition coefficient (Wildman–Crippen LogP) is 13.3. The molecule has 0 spiro atoms. The van der Waals surface area contributed by atoms with Crippen LogP contribution in [0.1, 0.15) is 56.8 Å². The van der Waals surface area contributed by atoms with Gasteiger partial charge in [0.15, 0.2) is 0 Å². The van der Waals surface area contributed by atoms with E-state index in [9.17, 15) is 0 Å². The van der Waals surface area contributed by atoms with Crippen LogP contribution in [0.2, 0.25) is 0 Å². The summed E-state index contributed by atoms with van der Waals surface area (Å²) >= 11 is 0. The van der Waals surface area contributed by atoms with E-state index in [1.54, 1.807) is 0 Å². The maximum atomic E-state index is 5.52. The standard InChI is InChI=1S/C69H50N4/c1-5-21-45(22-6-1)66-71-67(46-23-7-2-8-24-46)73-68(72-66)50-42-48(47-39-40-58-57-30-15-17-37-62(57)69(63(58)44-47,51-25-9-3-10-26-51)52-27-11-4-12-28-52)41-49(43-50)53-33-19-35-55-54(53)34-20-36-61(55)65-60-32-14-13-29-56(60)59-31-16-18-38-64(59)70-65/h1-44,64,66-67,70-71H,(H,72,73). The van der Waals surface area contributed by atoms with E-state index in [2.05, 4.69) is 283 Å². The predicted molar refractivity (Wildman–Crippen MR) is 300 cm³/mol. The molecule has 0 amide bonds. The zero-order chi connectivity index (χ0) is 48.3. The summed E-state index contributed by atoms with van der Waals surface area (Å²) in [5.74, 6) is 0.835. The van der Waals surface area contributed by atoms with Crippen LogP contribution in [0.15, 0.2) is 272 Å². The monoisotopic (exact) mass is 934 g/mol. The SMILES string of the molecule is C1=CC2=c3ccccc3=C(c3cccc4c(-c5cc(C6=NC(c7ccccc7)NC(c7ccccc7)N6)cc(-c6ccc7c(c6)C(c6ccccc6)(c6ccccc6)c6ccccc6-7)c5)cccc34)NC2C=C1. The van der Waals surface area contributed by atoms with Gasteiger partial charge in [0, 0.05) is 16.3 Å². The number of hydrogen-bond donors (Lipinski definition) is 3. The largest absolute Gasteiger partial charge is 0.374 e. The van der Waals surface area contributed by atoms with Crippen LogP contribution < -0.4 is 26.4 Å². The Balaban J connectivity index is 1.00. The van der Waals surface area contributed by atoms with E-state index in [0.717, 1.165) is 50.5 Å². The Morgan fingerprint density at radius 3 is 1.74 bits per heavy atom. The Kier molecular flexibility index (Phi) is 10.3. The number of benzene rings is 10. The number of nitrogens with zero attached hydrogens (tertiary/aromatic N) is 1. The molecule has 3 unspecified atom stereocenters. The Morgan fingerprint density at radius 1 is 0.397 bits per heavy atom. The molecule has 4 nitrogen and oxygen atoms in total. The molecule has 2 aliphatic carbocycles. The number of allylic oxidation sites excluding steroid dienone is 2. The molecule has 0 bridgehead atoms. The van der Waals surface area contributed by atoms with Gasteiger partial charge in [0.05, 0.1) is 17.2 Å². The van der Waals surface area contributed by atoms with Crippen LogP contribution in [0, 0.1) is 0 Å². The third kappa shape index (κ3) is 7.13. The van der Waals surface area contributed by atoms with Crippen molar-refractivity contribution in [3.63, 3.8) is 0 Å². The molecule has 3 N–H and O–H groups in total. The Labute approximate surface area is 425 Å². The van der Waals surface area contributed by atoms with Crippen molar-refractivity contribution in [1.82, 2.24) is 16.0 Å². The molecule has 0 radical (unpaired) electrons. The maximum absolute atomic E-state index is 5.52. The van der Waals surface area contributed by atoms with Gasteiger partial charge in [-0.1, -0.05) is 243 Å². The molecule has 2 heterocycles. The van der Waals surface area contributed by atoms with Gasteiger partial charge in [-0.2, -0.15) is 0 Å². The number of amidine groups is 1. The maximum Gasteiger partial charge on any atom is 0.131 e. The normalized spacial score (nSPS) is 17.9. The van der Waals surface area contributed by atoms with E-state index < -0.39 is 5.41 Å². The molecule has 2 aliphatic heterocycles. The highest BCUT2D eigenvalue weighted by Gasteiger charge is 2.46. The fourth-order valence-corrected chi connectivity index (χ4v) is 12.2. The van der Waals surface area contributed by atoms with Crippen molar-refractivity contribution in [2.45, 2.75) is 23.8 Å². The quantitative estimate of drug-likeness (QED) is 0.142. The fraction of sp³-hybridized carbons (Fsp3) is 0.0580. The molecule has 10 aromatic carbocycles. The van der Waals surface area contributed by atoms with Crippen molar-refractivity contribution in [3.05, 3.63) is 322 Å². The molecule has 346 valence electrons. The van der Waals surface area contributed by atoms with Gasteiger partial charge in [-0.3, -0.25) is 5.32 Å². The zero-order valence-corrected chi connectivity index (χ0v) is 40.1. The minimum Gasteiger partial charge on any atom is -0.374 e. The van der Waals surface area contributed by atoms with Crippen molar-refractivity contribution < 1.29 is 0 Å². The number of nitrogens with one attached hydrogen (secondary N) is 3. The van der Waals surface area contributed by atoms with E-state index in [-0.39, 0.29) is 18.4 Å². The van der Waals surface area contributed by atoms with Crippen molar-refractivity contribution >= 4 is 27.9 Å². The first-order chi connectivity index (χ1) is 36.2. The molecule has 73 heavy (non-hydrogen) atoms. The van der Waals surface area contributed by atoms with Gasteiger partial charge in [0.25, 0.3) is 0 Å². The number of hydrogen-bond acceptors (Lipinski definition) is 4. The van der Waals surface area contributed by atoms with Crippen LogP contribution in [0.5, 0.6) is 0 Å². The molecule has 0 aromatic heterocycles. The lowest BCUT2D eigenvalue weighted by Crippen LogP contribution is -2.45. The number of rotatable bonds is 8. The minimum atomic E-state index is -0.533. The summed E-state index contributed by atoms with van der Waals surface area (Å²) in [4.78, 5) is 5.52. The molecular formula is C69H50N4. The summed E-state index contributed by atoms with van der Waals surface area (Å²) in [5.41, 5.74) is 18.5. The molecule has 3 atom stereocenters. The lowest BCUT2D eigenvalue weighted by Gasteiger charge is -2.34.